The maximum Gasteiger partial charge on any atom is 0.0575 e. The van der Waals surface area contributed by atoms with Crippen molar-refractivity contribution in [3.63, 3.8) is 0 Å². The Morgan fingerprint density at radius 1 is 1.15 bits per heavy atom. The van der Waals surface area contributed by atoms with Gasteiger partial charge in [0.25, 0.3) is 0 Å². The molecule has 3 rings (SSSR count). The van der Waals surface area contributed by atoms with Crippen LogP contribution in [0, 0.1) is 0 Å². The molecule has 1 atom stereocenters. The van der Waals surface area contributed by atoms with Crippen LogP contribution in [0.3, 0.4) is 0 Å². The molecular formula is C17H27NOS. The molecule has 0 amide bonds. The first kappa shape index (κ1) is 14.6. The fourth-order valence-corrected chi connectivity index (χ4v) is 4.52. The van der Waals surface area contributed by atoms with E-state index >= 15 is 0 Å². The van der Waals surface area contributed by atoms with Gasteiger partial charge >= 0.3 is 0 Å². The van der Waals surface area contributed by atoms with E-state index in [-0.39, 0.29) is 0 Å². The van der Waals surface area contributed by atoms with E-state index in [1.54, 1.807) is 10.4 Å². The van der Waals surface area contributed by atoms with E-state index in [1.807, 2.05) is 11.3 Å². The zero-order valence-electron chi connectivity index (χ0n) is 12.4. The van der Waals surface area contributed by atoms with Gasteiger partial charge in [-0.3, -0.25) is 0 Å². The van der Waals surface area contributed by atoms with Gasteiger partial charge in [0.1, 0.15) is 0 Å². The number of fused-ring (bicyclic) bond motifs is 1. The Morgan fingerprint density at radius 3 is 2.95 bits per heavy atom. The van der Waals surface area contributed by atoms with E-state index in [4.69, 9.17) is 4.74 Å². The van der Waals surface area contributed by atoms with E-state index in [9.17, 15) is 0 Å². The maximum absolute atomic E-state index is 5.99. The minimum absolute atomic E-state index is 0.557. The number of thiophene rings is 1. The summed E-state index contributed by atoms with van der Waals surface area (Å²) >= 11 is 1.93. The summed E-state index contributed by atoms with van der Waals surface area (Å²) in [6, 6.07) is 2.91. The lowest BCUT2D eigenvalue weighted by Gasteiger charge is -2.24. The summed E-state index contributed by atoms with van der Waals surface area (Å²) < 4.78 is 5.99. The van der Waals surface area contributed by atoms with Crippen LogP contribution >= 0.6 is 11.3 Å². The highest BCUT2D eigenvalue weighted by molar-refractivity contribution is 7.10. The molecule has 0 aliphatic heterocycles. The van der Waals surface area contributed by atoms with Gasteiger partial charge in [-0.15, -0.1) is 11.3 Å². The molecule has 0 radical (unpaired) electrons. The summed E-state index contributed by atoms with van der Waals surface area (Å²) in [7, 11) is 0. The predicted octanol–water partition coefficient (Wildman–Crippen LogP) is 4.45. The molecule has 112 valence electrons. The SMILES string of the molecule is c1cc2c(s1)CCCC2NCCCOC1CCCCC1. The molecule has 0 bridgehead atoms. The van der Waals surface area contributed by atoms with Crippen molar-refractivity contribution < 1.29 is 4.74 Å². The summed E-state index contributed by atoms with van der Waals surface area (Å²) in [6.07, 6.45) is 12.3. The number of aryl methyl sites for hydroxylation is 1. The van der Waals surface area contributed by atoms with Crippen LogP contribution in [-0.2, 0) is 11.2 Å². The fourth-order valence-electron chi connectivity index (χ4n) is 3.53. The molecule has 2 aliphatic rings. The van der Waals surface area contributed by atoms with Crippen LogP contribution < -0.4 is 5.32 Å². The quantitative estimate of drug-likeness (QED) is 0.782. The van der Waals surface area contributed by atoms with Crippen molar-refractivity contribution in [3.05, 3.63) is 21.9 Å². The second-order valence-corrected chi connectivity index (χ2v) is 7.18. The molecule has 20 heavy (non-hydrogen) atoms. The molecule has 0 saturated heterocycles. The van der Waals surface area contributed by atoms with Crippen molar-refractivity contribution >= 4 is 11.3 Å². The molecule has 1 saturated carbocycles. The largest absolute Gasteiger partial charge is 0.378 e. The lowest BCUT2D eigenvalue weighted by atomic mass is 9.94. The van der Waals surface area contributed by atoms with Crippen LogP contribution in [-0.4, -0.2) is 19.3 Å². The molecule has 2 nitrogen and oxygen atoms in total. The Kier molecular flexibility index (Phi) is 5.51. The number of ether oxygens (including phenoxy) is 1. The Bertz CT molecular complexity index is 397. The summed E-state index contributed by atoms with van der Waals surface area (Å²) in [5, 5.41) is 5.98. The molecular weight excluding hydrogens is 266 g/mol. The van der Waals surface area contributed by atoms with Crippen molar-refractivity contribution in [2.75, 3.05) is 13.2 Å². The van der Waals surface area contributed by atoms with Gasteiger partial charge in [-0.25, -0.2) is 0 Å². The summed E-state index contributed by atoms with van der Waals surface area (Å²) in [5.41, 5.74) is 1.56. The summed E-state index contributed by atoms with van der Waals surface area (Å²) in [4.78, 5) is 1.60. The standard InChI is InChI=1S/C17H27NOS/c1-2-6-14(7-3-1)19-12-5-11-18-16-8-4-9-17-15(16)10-13-20-17/h10,13-14,16,18H,1-9,11-12H2. The molecule has 1 aromatic heterocycles. The monoisotopic (exact) mass is 293 g/mol. The smallest absolute Gasteiger partial charge is 0.0575 e. The Morgan fingerprint density at radius 2 is 2.05 bits per heavy atom. The lowest BCUT2D eigenvalue weighted by Crippen LogP contribution is -2.26. The second-order valence-electron chi connectivity index (χ2n) is 6.18. The number of nitrogens with one attached hydrogen (secondary N) is 1. The van der Waals surface area contributed by atoms with Crippen molar-refractivity contribution in [1.29, 1.82) is 0 Å². The molecule has 1 unspecified atom stereocenters. The zero-order chi connectivity index (χ0) is 13.6. The topological polar surface area (TPSA) is 21.3 Å². The van der Waals surface area contributed by atoms with Crippen molar-refractivity contribution in [2.24, 2.45) is 0 Å². The third-order valence-corrected chi connectivity index (χ3v) is 5.67. The molecule has 3 heteroatoms. The second kappa shape index (κ2) is 7.58. The first-order valence-corrected chi connectivity index (χ1v) is 9.23. The summed E-state index contributed by atoms with van der Waals surface area (Å²) in [5.74, 6) is 0. The van der Waals surface area contributed by atoms with E-state index in [2.05, 4.69) is 16.8 Å². The van der Waals surface area contributed by atoms with E-state index < -0.39 is 0 Å². The highest BCUT2D eigenvalue weighted by Crippen LogP contribution is 2.33. The van der Waals surface area contributed by atoms with Crippen molar-refractivity contribution in [2.45, 2.75) is 69.9 Å². The van der Waals surface area contributed by atoms with E-state index in [1.165, 1.54) is 51.4 Å². The summed E-state index contributed by atoms with van der Waals surface area (Å²) in [6.45, 7) is 2.02. The predicted molar refractivity (Wildman–Crippen MR) is 85.4 cm³/mol. The van der Waals surface area contributed by atoms with Crippen LogP contribution in [0.2, 0.25) is 0 Å². The normalized spacial score (nSPS) is 23.7. The van der Waals surface area contributed by atoms with E-state index in [0.717, 1.165) is 19.6 Å². The third kappa shape index (κ3) is 3.84. The van der Waals surface area contributed by atoms with Crippen molar-refractivity contribution in [1.82, 2.24) is 5.32 Å². The number of hydrogen-bond donors (Lipinski definition) is 1. The van der Waals surface area contributed by atoms with Gasteiger partial charge in [-0.1, -0.05) is 19.3 Å². The molecule has 1 N–H and O–H groups in total. The van der Waals surface area contributed by atoms with Gasteiger partial charge in [-0.05, 0) is 62.1 Å². The van der Waals surface area contributed by atoms with Gasteiger partial charge < -0.3 is 10.1 Å². The fraction of sp³-hybridized carbons (Fsp3) is 0.765. The average molecular weight is 293 g/mol. The Hall–Kier alpha value is -0.380. The number of hydrogen-bond acceptors (Lipinski definition) is 3. The molecule has 2 aliphatic carbocycles. The molecule has 1 heterocycles. The number of rotatable bonds is 6. The Balaban J connectivity index is 1.32. The first-order valence-electron chi connectivity index (χ1n) is 8.35. The molecule has 1 fully saturated rings. The van der Waals surface area contributed by atoms with Crippen LogP contribution in [0.4, 0.5) is 0 Å². The maximum atomic E-state index is 5.99. The van der Waals surface area contributed by atoms with Gasteiger partial charge in [0.05, 0.1) is 6.10 Å². The lowest BCUT2D eigenvalue weighted by molar-refractivity contribution is 0.0270. The van der Waals surface area contributed by atoms with Crippen molar-refractivity contribution in [3.8, 4) is 0 Å². The van der Waals surface area contributed by atoms with Crippen LogP contribution in [0.25, 0.3) is 0 Å². The van der Waals surface area contributed by atoms with Crippen LogP contribution in [0.1, 0.15) is 67.8 Å². The highest BCUT2D eigenvalue weighted by Gasteiger charge is 2.20. The average Bonchev–Trinajstić information content (AvgIpc) is 2.97. The zero-order valence-corrected chi connectivity index (χ0v) is 13.2. The van der Waals surface area contributed by atoms with Gasteiger partial charge in [0, 0.05) is 17.5 Å². The molecule has 0 aromatic carbocycles. The first-order chi connectivity index (χ1) is 9.93. The molecule has 1 aromatic rings. The van der Waals surface area contributed by atoms with E-state index in [0.29, 0.717) is 12.1 Å². The highest BCUT2D eigenvalue weighted by atomic mass is 32.1. The van der Waals surface area contributed by atoms with Gasteiger partial charge in [0.15, 0.2) is 0 Å². The minimum Gasteiger partial charge on any atom is -0.378 e. The van der Waals surface area contributed by atoms with Gasteiger partial charge in [0.2, 0.25) is 0 Å². The molecule has 0 spiro atoms. The third-order valence-electron chi connectivity index (χ3n) is 4.67. The van der Waals surface area contributed by atoms with Crippen LogP contribution in [0.5, 0.6) is 0 Å². The minimum atomic E-state index is 0.557. The Labute approximate surface area is 126 Å². The van der Waals surface area contributed by atoms with Crippen LogP contribution in [0.15, 0.2) is 11.4 Å². The van der Waals surface area contributed by atoms with Gasteiger partial charge in [-0.2, -0.15) is 0 Å².